The number of aromatic nitrogens is 1. The predicted molar refractivity (Wildman–Crippen MR) is 161 cm³/mol. The van der Waals surface area contributed by atoms with Crippen molar-refractivity contribution in [2.45, 2.75) is 12.8 Å². The van der Waals surface area contributed by atoms with Crippen LogP contribution in [0.4, 0.5) is 11.4 Å². The number of anilines is 2. The van der Waals surface area contributed by atoms with E-state index in [1.807, 2.05) is 0 Å². The summed E-state index contributed by atoms with van der Waals surface area (Å²) in [5.41, 5.74) is 10.0. The third kappa shape index (κ3) is 3.91. The van der Waals surface area contributed by atoms with Gasteiger partial charge in [-0.05, 0) is 78.6 Å². The quantitative estimate of drug-likeness (QED) is 0.234. The van der Waals surface area contributed by atoms with Gasteiger partial charge in [0, 0.05) is 33.5 Å². The number of nitrogens with zero attached hydrogens (tertiary/aromatic N) is 2. The van der Waals surface area contributed by atoms with E-state index in [0.29, 0.717) is 0 Å². The third-order valence-corrected chi connectivity index (χ3v) is 7.52. The molecule has 0 amide bonds. The Labute approximate surface area is 223 Å². The van der Waals surface area contributed by atoms with E-state index in [0.717, 1.165) is 12.8 Å². The van der Waals surface area contributed by atoms with Gasteiger partial charge in [-0.25, -0.2) is 0 Å². The van der Waals surface area contributed by atoms with E-state index in [-0.39, 0.29) is 0 Å². The van der Waals surface area contributed by atoms with Crippen molar-refractivity contribution in [3.8, 4) is 5.69 Å². The summed E-state index contributed by atoms with van der Waals surface area (Å²) in [6.45, 7) is 0. The molecular weight excluding hydrogens is 460 g/mol. The van der Waals surface area contributed by atoms with Crippen molar-refractivity contribution in [1.29, 1.82) is 0 Å². The van der Waals surface area contributed by atoms with Crippen LogP contribution in [0.3, 0.4) is 0 Å². The van der Waals surface area contributed by atoms with Crippen molar-refractivity contribution in [3.63, 3.8) is 0 Å². The van der Waals surface area contributed by atoms with Crippen molar-refractivity contribution in [1.82, 2.24) is 4.57 Å². The molecule has 0 saturated carbocycles. The van der Waals surface area contributed by atoms with Gasteiger partial charge >= 0.3 is 0 Å². The van der Waals surface area contributed by atoms with Gasteiger partial charge in [-0.3, -0.25) is 0 Å². The summed E-state index contributed by atoms with van der Waals surface area (Å²) in [6.07, 6.45) is 6.59. The molecule has 0 bridgehead atoms. The third-order valence-electron chi connectivity index (χ3n) is 7.52. The van der Waals surface area contributed by atoms with E-state index in [1.165, 1.54) is 55.7 Å². The summed E-state index contributed by atoms with van der Waals surface area (Å²) in [5, 5.41) is 2.59. The van der Waals surface area contributed by atoms with Gasteiger partial charge in [-0.2, -0.15) is 0 Å². The molecular formula is C36H28N2. The molecule has 0 saturated heterocycles. The molecule has 0 fully saturated rings. The smallest absolute Gasteiger partial charge is 0.0541 e. The van der Waals surface area contributed by atoms with Gasteiger partial charge in [0.1, 0.15) is 0 Å². The van der Waals surface area contributed by atoms with Crippen molar-refractivity contribution < 1.29 is 0 Å². The fourth-order valence-corrected chi connectivity index (χ4v) is 5.71. The Hall–Kier alpha value is -4.82. The summed E-state index contributed by atoms with van der Waals surface area (Å²) in [4.78, 5) is 2.37. The molecule has 1 heterocycles. The van der Waals surface area contributed by atoms with Gasteiger partial charge in [-0.15, -0.1) is 0 Å². The molecule has 1 aliphatic carbocycles. The Morgan fingerprint density at radius 1 is 0.474 bits per heavy atom. The Kier molecular flexibility index (Phi) is 5.64. The minimum Gasteiger partial charge on any atom is -0.314 e. The normalized spacial score (nSPS) is 13.4. The second-order valence-corrected chi connectivity index (χ2v) is 9.77. The molecule has 5 aromatic carbocycles. The molecule has 0 N–H and O–H groups in total. The summed E-state index contributed by atoms with van der Waals surface area (Å²) >= 11 is 0. The van der Waals surface area contributed by atoms with E-state index in [4.69, 9.17) is 0 Å². The Bertz CT molecular complexity index is 1700. The zero-order valence-electron chi connectivity index (χ0n) is 21.2. The van der Waals surface area contributed by atoms with Gasteiger partial charge in [0.2, 0.25) is 0 Å². The largest absolute Gasteiger partial charge is 0.314 e. The average Bonchev–Trinajstić information content (AvgIpc) is 3.33. The SMILES string of the molecule is C1=C(c2ccc(-n3c4ccccc4c4ccccc43)cc2)CCC(N(c2ccccc2)c2ccccc2)=C1. The molecule has 6 aromatic rings. The lowest BCUT2D eigenvalue weighted by molar-refractivity contribution is 0.930. The van der Waals surface area contributed by atoms with Crippen molar-refractivity contribution in [3.05, 3.63) is 157 Å². The molecule has 182 valence electrons. The Morgan fingerprint density at radius 3 is 1.53 bits per heavy atom. The van der Waals surface area contributed by atoms with Gasteiger partial charge < -0.3 is 9.47 Å². The second kappa shape index (κ2) is 9.57. The zero-order chi connectivity index (χ0) is 25.3. The summed E-state index contributed by atoms with van der Waals surface area (Å²) in [7, 11) is 0. The topological polar surface area (TPSA) is 8.17 Å². The number of rotatable bonds is 5. The summed E-state index contributed by atoms with van der Waals surface area (Å²) < 4.78 is 2.37. The van der Waals surface area contributed by atoms with E-state index in [1.54, 1.807) is 0 Å². The average molecular weight is 489 g/mol. The van der Waals surface area contributed by atoms with Crippen LogP contribution in [0, 0.1) is 0 Å². The maximum atomic E-state index is 2.37. The zero-order valence-corrected chi connectivity index (χ0v) is 21.2. The maximum absolute atomic E-state index is 2.37. The van der Waals surface area contributed by atoms with Crippen LogP contribution >= 0.6 is 0 Å². The van der Waals surface area contributed by atoms with Crippen LogP contribution in [-0.2, 0) is 0 Å². The number of benzene rings is 5. The molecule has 1 aliphatic rings. The van der Waals surface area contributed by atoms with Gasteiger partial charge in [0.05, 0.1) is 11.0 Å². The van der Waals surface area contributed by atoms with Gasteiger partial charge in [-0.1, -0.05) is 91.0 Å². The first kappa shape index (κ1) is 22.4. The minimum absolute atomic E-state index is 0.990. The molecule has 38 heavy (non-hydrogen) atoms. The lowest BCUT2D eigenvalue weighted by Crippen LogP contribution is -2.17. The molecule has 2 nitrogen and oxygen atoms in total. The fourth-order valence-electron chi connectivity index (χ4n) is 5.71. The van der Waals surface area contributed by atoms with E-state index in [2.05, 4.69) is 155 Å². The minimum atomic E-state index is 0.990. The maximum Gasteiger partial charge on any atom is 0.0541 e. The number of para-hydroxylation sites is 4. The van der Waals surface area contributed by atoms with Crippen LogP contribution in [0.1, 0.15) is 18.4 Å². The van der Waals surface area contributed by atoms with Crippen LogP contribution in [0.2, 0.25) is 0 Å². The van der Waals surface area contributed by atoms with Crippen LogP contribution in [0.5, 0.6) is 0 Å². The van der Waals surface area contributed by atoms with Crippen LogP contribution in [0.25, 0.3) is 33.1 Å². The summed E-state index contributed by atoms with van der Waals surface area (Å²) in [5.74, 6) is 0. The lowest BCUT2D eigenvalue weighted by atomic mass is 9.94. The molecule has 7 rings (SSSR count). The molecule has 0 atom stereocenters. The van der Waals surface area contributed by atoms with Crippen molar-refractivity contribution in [2.75, 3.05) is 4.90 Å². The van der Waals surface area contributed by atoms with Crippen molar-refractivity contribution >= 4 is 38.8 Å². The number of hydrogen-bond acceptors (Lipinski definition) is 1. The Balaban J connectivity index is 1.23. The number of allylic oxidation sites excluding steroid dienone is 4. The van der Waals surface area contributed by atoms with Gasteiger partial charge in [0.15, 0.2) is 0 Å². The number of hydrogen-bond donors (Lipinski definition) is 0. The van der Waals surface area contributed by atoms with Crippen LogP contribution in [-0.4, -0.2) is 4.57 Å². The predicted octanol–water partition coefficient (Wildman–Crippen LogP) is 9.68. The first-order chi connectivity index (χ1) is 18.9. The van der Waals surface area contributed by atoms with E-state index >= 15 is 0 Å². The fraction of sp³-hybridized carbons (Fsp3) is 0.0556. The van der Waals surface area contributed by atoms with Crippen LogP contribution < -0.4 is 4.90 Å². The van der Waals surface area contributed by atoms with Gasteiger partial charge in [0.25, 0.3) is 0 Å². The highest BCUT2D eigenvalue weighted by Gasteiger charge is 2.18. The monoisotopic (exact) mass is 488 g/mol. The molecule has 0 spiro atoms. The highest BCUT2D eigenvalue weighted by molar-refractivity contribution is 6.09. The van der Waals surface area contributed by atoms with E-state index in [9.17, 15) is 0 Å². The molecule has 1 aromatic heterocycles. The molecule has 0 radical (unpaired) electrons. The lowest BCUT2D eigenvalue weighted by Gasteiger charge is -2.30. The molecule has 2 heteroatoms. The molecule has 0 unspecified atom stereocenters. The standard InChI is InChI=1S/C36H28N2/c1-3-11-29(12-4-1)37(30-13-5-2-6-14-30)31-23-19-27(20-24-31)28-21-25-32(26-22-28)38-35-17-9-7-15-33(35)34-16-8-10-18-36(34)38/h1-19,21-23,25-26H,20,24H2. The second-order valence-electron chi connectivity index (χ2n) is 9.77. The highest BCUT2D eigenvalue weighted by atomic mass is 15.1. The first-order valence-corrected chi connectivity index (χ1v) is 13.3. The van der Waals surface area contributed by atoms with E-state index < -0.39 is 0 Å². The van der Waals surface area contributed by atoms with Crippen molar-refractivity contribution in [2.24, 2.45) is 0 Å². The number of fused-ring (bicyclic) bond motifs is 3. The summed E-state index contributed by atoms with van der Waals surface area (Å²) in [6, 6.07) is 47.7. The highest BCUT2D eigenvalue weighted by Crippen LogP contribution is 2.37. The Morgan fingerprint density at radius 2 is 1.00 bits per heavy atom. The molecule has 0 aliphatic heterocycles. The van der Waals surface area contributed by atoms with Crippen LogP contribution in [0.15, 0.2) is 151 Å². The first-order valence-electron chi connectivity index (χ1n) is 13.3.